The van der Waals surface area contributed by atoms with Gasteiger partial charge in [0.1, 0.15) is 11.2 Å². The number of benzene rings is 12. The molecule has 0 aliphatic carbocycles. The third-order valence-electron chi connectivity index (χ3n) is 13.2. The van der Waals surface area contributed by atoms with E-state index in [1.165, 1.54) is 76.1 Å². The van der Waals surface area contributed by atoms with Crippen LogP contribution >= 0.6 is 0 Å². The van der Waals surface area contributed by atoms with Crippen molar-refractivity contribution in [3.63, 3.8) is 0 Å². The summed E-state index contributed by atoms with van der Waals surface area (Å²) in [4.78, 5) is 2.42. The highest BCUT2D eigenvalue weighted by atomic mass is 16.3. The molecule has 0 N–H and O–H groups in total. The van der Waals surface area contributed by atoms with Gasteiger partial charge in [0.15, 0.2) is 0 Å². The van der Waals surface area contributed by atoms with Gasteiger partial charge in [0.05, 0.1) is 5.69 Å². The first-order valence-corrected chi connectivity index (χ1v) is 22.0. The normalized spacial score (nSPS) is 11.8. The second-order valence-corrected chi connectivity index (χ2v) is 16.8. The van der Waals surface area contributed by atoms with Gasteiger partial charge in [-0.1, -0.05) is 194 Å². The average Bonchev–Trinajstić information content (AvgIpc) is 3.76. The topological polar surface area (TPSA) is 16.4 Å². The molecule has 0 spiro atoms. The molecule has 1 heterocycles. The highest BCUT2D eigenvalue weighted by Gasteiger charge is 2.21. The van der Waals surface area contributed by atoms with Gasteiger partial charge in [0, 0.05) is 33.1 Å². The van der Waals surface area contributed by atoms with E-state index in [1.807, 2.05) is 12.1 Å². The van der Waals surface area contributed by atoms with Gasteiger partial charge in [-0.05, 0) is 119 Å². The molecule has 0 saturated carbocycles. The molecule has 2 heteroatoms. The Kier molecular flexibility index (Phi) is 8.25. The van der Waals surface area contributed by atoms with Gasteiger partial charge >= 0.3 is 0 Å². The molecule has 2 nitrogen and oxygen atoms in total. The molecule has 0 bridgehead atoms. The summed E-state index contributed by atoms with van der Waals surface area (Å²) in [6.45, 7) is 0. The van der Waals surface area contributed by atoms with Gasteiger partial charge < -0.3 is 9.32 Å². The van der Waals surface area contributed by atoms with E-state index in [4.69, 9.17) is 4.42 Å². The lowest BCUT2D eigenvalue weighted by atomic mass is 9.86. The summed E-state index contributed by atoms with van der Waals surface area (Å²) in [6.07, 6.45) is 0. The Bertz CT molecular complexity index is 3950. The lowest BCUT2D eigenvalue weighted by molar-refractivity contribution is 0.670. The monoisotopic (exact) mass is 813 g/mol. The van der Waals surface area contributed by atoms with Gasteiger partial charge in [-0.15, -0.1) is 0 Å². The van der Waals surface area contributed by atoms with Crippen LogP contribution in [0.15, 0.2) is 241 Å². The second kappa shape index (κ2) is 14.6. The number of nitrogens with zero attached hydrogens (tertiary/aromatic N) is 1. The molecule has 64 heavy (non-hydrogen) atoms. The zero-order chi connectivity index (χ0) is 42.1. The van der Waals surface area contributed by atoms with Crippen molar-refractivity contribution in [2.45, 2.75) is 0 Å². The molecular weight excluding hydrogens is 775 g/mol. The van der Waals surface area contributed by atoms with E-state index in [-0.39, 0.29) is 0 Å². The number of rotatable bonds is 6. The first kappa shape index (κ1) is 36.2. The molecule has 0 radical (unpaired) electrons. The van der Waals surface area contributed by atoms with E-state index in [0.29, 0.717) is 0 Å². The van der Waals surface area contributed by atoms with Crippen molar-refractivity contribution in [3.8, 4) is 33.4 Å². The van der Waals surface area contributed by atoms with Crippen LogP contribution in [0.4, 0.5) is 17.1 Å². The van der Waals surface area contributed by atoms with E-state index in [0.717, 1.165) is 50.1 Å². The van der Waals surface area contributed by atoms with Crippen molar-refractivity contribution >= 4 is 92.9 Å². The molecule has 0 saturated heterocycles. The minimum atomic E-state index is 0.904. The Morgan fingerprint density at radius 3 is 1.47 bits per heavy atom. The number of anilines is 3. The fraction of sp³-hybridized carbons (Fsp3) is 0. The predicted molar refractivity (Wildman–Crippen MR) is 272 cm³/mol. The maximum absolute atomic E-state index is 6.48. The number of hydrogen-bond acceptors (Lipinski definition) is 2. The van der Waals surface area contributed by atoms with E-state index in [2.05, 4.69) is 229 Å². The number of hydrogen-bond donors (Lipinski definition) is 0. The molecule has 0 atom stereocenters. The number of para-hydroxylation sites is 2. The van der Waals surface area contributed by atoms with Gasteiger partial charge in [0.2, 0.25) is 0 Å². The van der Waals surface area contributed by atoms with Crippen LogP contribution in [0.5, 0.6) is 0 Å². The predicted octanol–water partition coefficient (Wildman–Crippen LogP) is 17.8. The third kappa shape index (κ3) is 5.73. The summed E-state index contributed by atoms with van der Waals surface area (Å²) < 4.78 is 6.48. The van der Waals surface area contributed by atoms with Crippen LogP contribution in [-0.4, -0.2) is 0 Å². The van der Waals surface area contributed by atoms with Crippen molar-refractivity contribution in [1.82, 2.24) is 0 Å². The van der Waals surface area contributed by atoms with E-state index >= 15 is 0 Å². The van der Waals surface area contributed by atoms with Crippen LogP contribution in [0.25, 0.3) is 109 Å². The molecule has 0 aliphatic rings. The van der Waals surface area contributed by atoms with Gasteiger partial charge in [-0.25, -0.2) is 0 Å². The number of furan rings is 1. The van der Waals surface area contributed by atoms with E-state index in [1.54, 1.807) is 0 Å². The first-order valence-electron chi connectivity index (χ1n) is 22.0. The lowest BCUT2D eigenvalue weighted by Gasteiger charge is -2.28. The molecular formula is C62H39NO. The standard InChI is InChI=1S/C62H39NO/c1-6-19-49-40(14-1)32-37-50(61(49)58-38-43-15-2-4-17-47(43)52-20-7-8-22-54(52)58)41-28-33-45(34-29-41)63(59-39-44-16-3-5-18-48(44)53-21-9-10-23-55(53)59)46-35-30-42(31-36-46)51-25-13-26-57-56-24-11-12-27-60(56)64-62(51)57/h1-39H. The van der Waals surface area contributed by atoms with Gasteiger partial charge in [0.25, 0.3) is 0 Å². The smallest absolute Gasteiger partial charge is 0.143 e. The fourth-order valence-corrected chi connectivity index (χ4v) is 10.3. The molecule has 0 amide bonds. The number of fused-ring (bicyclic) bond motifs is 10. The highest BCUT2D eigenvalue weighted by Crippen LogP contribution is 2.46. The third-order valence-corrected chi connectivity index (χ3v) is 13.2. The zero-order valence-electron chi connectivity index (χ0n) is 34.9. The molecule has 0 unspecified atom stereocenters. The minimum absolute atomic E-state index is 0.904. The zero-order valence-corrected chi connectivity index (χ0v) is 34.9. The summed E-state index contributed by atoms with van der Waals surface area (Å²) in [5.74, 6) is 0. The maximum atomic E-state index is 6.48. The molecule has 12 aromatic carbocycles. The van der Waals surface area contributed by atoms with Crippen molar-refractivity contribution in [3.05, 3.63) is 237 Å². The molecule has 13 rings (SSSR count). The molecule has 298 valence electrons. The Balaban J connectivity index is 0.992. The van der Waals surface area contributed by atoms with Crippen molar-refractivity contribution in [2.75, 3.05) is 4.90 Å². The van der Waals surface area contributed by atoms with Gasteiger partial charge in [-0.2, -0.15) is 0 Å². The largest absolute Gasteiger partial charge is 0.455 e. The molecule has 0 aliphatic heterocycles. The SMILES string of the molecule is c1ccc2c(-c3cc4ccccc4c4ccccc34)c(-c3ccc(N(c4ccc(-c5cccc6c5oc5ccccc56)cc4)c4cc5ccccc5c5ccccc45)cc3)ccc2c1. The van der Waals surface area contributed by atoms with Crippen LogP contribution in [0, 0.1) is 0 Å². The second-order valence-electron chi connectivity index (χ2n) is 16.8. The maximum Gasteiger partial charge on any atom is 0.143 e. The van der Waals surface area contributed by atoms with E-state index in [9.17, 15) is 0 Å². The summed E-state index contributed by atoms with van der Waals surface area (Å²) in [6, 6.07) is 86.1. The Labute approximate surface area is 370 Å². The summed E-state index contributed by atoms with van der Waals surface area (Å²) >= 11 is 0. The minimum Gasteiger partial charge on any atom is -0.455 e. The van der Waals surface area contributed by atoms with Crippen molar-refractivity contribution in [1.29, 1.82) is 0 Å². The van der Waals surface area contributed by atoms with E-state index < -0.39 is 0 Å². The summed E-state index contributed by atoms with van der Waals surface area (Å²) in [5.41, 5.74) is 12.1. The molecule has 0 fully saturated rings. The molecule has 1 aromatic heterocycles. The first-order chi connectivity index (χ1) is 31.7. The molecule has 13 aromatic rings. The fourth-order valence-electron chi connectivity index (χ4n) is 10.3. The summed E-state index contributed by atoms with van der Waals surface area (Å²) in [5, 5.41) is 14.6. The Hall–Kier alpha value is -8.46. The average molecular weight is 814 g/mol. The van der Waals surface area contributed by atoms with Gasteiger partial charge in [-0.3, -0.25) is 0 Å². The lowest BCUT2D eigenvalue weighted by Crippen LogP contribution is -2.10. The van der Waals surface area contributed by atoms with Crippen LogP contribution in [0.3, 0.4) is 0 Å². The summed E-state index contributed by atoms with van der Waals surface area (Å²) in [7, 11) is 0. The van der Waals surface area contributed by atoms with Crippen LogP contribution in [-0.2, 0) is 0 Å². The van der Waals surface area contributed by atoms with Crippen molar-refractivity contribution in [2.24, 2.45) is 0 Å². The van der Waals surface area contributed by atoms with Crippen LogP contribution in [0.2, 0.25) is 0 Å². The highest BCUT2D eigenvalue weighted by molar-refractivity contribution is 6.19. The van der Waals surface area contributed by atoms with Crippen molar-refractivity contribution < 1.29 is 4.42 Å². The quantitative estimate of drug-likeness (QED) is 0.156. The van der Waals surface area contributed by atoms with Crippen LogP contribution < -0.4 is 4.90 Å². The Morgan fingerprint density at radius 1 is 0.281 bits per heavy atom. The van der Waals surface area contributed by atoms with Crippen LogP contribution in [0.1, 0.15) is 0 Å². The Morgan fingerprint density at radius 2 is 0.781 bits per heavy atom.